The first-order valence-electron chi connectivity index (χ1n) is 9.60. The minimum atomic E-state index is -1.01. The molecule has 0 aromatic heterocycles. The molecule has 2 aromatic carbocycles. The highest BCUT2D eigenvalue weighted by atomic mass is 32.1. The van der Waals surface area contributed by atoms with Crippen LogP contribution in [-0.2, 0) is 16.1 Å². The standard InChI is InChI=1S/C22H28N2O5S/c1-5-28-17-8-6-7-14(11-17)19(20(25)26)24-16-10-9-15(18(30)12-16)13-23-21(27)29-22(2,3)4/h6-12,19,24,30H,5,13H2,1-4H3,(H,23,27)(H,25,26). The van der Waals surface area contributed by atoms with Gasteiger partial charge in [0.2, 0.25) is 0 Å². The Bertz CT molecular complexity index is 895. The smallest absolute Gasteiger partial charge is 0.407 e. The molecular formula is C22H28N2O5S. The van der Waals surface area contributed by atoms with Crippen molar-refractivity contribution in [2.75, 3.05) is 11.9 Å². The quantitative estimate of drug-likeness (QED) is 0.454. The van der Waals surface area contributed by atoms with E-state index in [0.29, 0.717) is 28.5 Å². The number of carboxylic acid groups (broad SMARTS) is 1. The summed E-state index contributed by atoms with van der Waals surface area (Å²) < 4.78 is 10.7. The van der Waals surface area contributed by atoms with E-state index >= 15 is 0 Å². The normalized spacial score (nSPS) is 12.0. The van der Waals surface area contributed by atoms with Gasteiger partial charge in [-0.2, -0.15) is 0 Å². The molecule has 0 radical (unpaired) electrons. The molecule has 0 saturated heterocycles. The molecule has 0 heterocycles. The average Bonchev–Trinajstić information content (AvgIpc) is 2.64. The van der Waals surface area contributed by atoms with Crippen LogP contribution in [-0.4, -0.2) is 29.4 Å². The Balaban J connectivity index is 2.10. The summed E-state index contributed by atoms with van der Waals surface area (Å²) in [6.45, 7) is 7.98. The average molecular weight is 433 g/mol. The van der Waals surface area contributed by atoms with Crippen LogP contribution >= 0.6 is 12.6 Å². The van der Waals surface area contributed by atoms with Gasteiger partial charge in [-0.3, -0.25) is 0 Å². The summed E-state index contributed by atoms with van der Waals surface area (Å²) in [5, 5.41) is 15.4. The minimum absolute atomic E-state index is 0.243. The second kappa shape index (κ2) is 10.2. The molecule has 8 heteroatoms. The summed E-state index contributed by atoms with van der Waals surface area (Å²) in [6.07, 6.45) is -0.516. The number of alkyl carbamates (subject to hydrolysis) is 1. The third kappa shape index (κ3) is 7.18. The molecule has 3 N–H and O–H groups in total. The Morgan fingerprint density at radius 2 is 1.90 bits per heavy atom. The number of thiol groups is 1. The van der Waals surface area contributed by atoms with Crippen molar-refractivity contribution in [1.29, 1.82) is 0 Å². The first kappa shape index (κ1) is 23.4. The number of aliphatic carboxylic acids is 1. The fourth-order valence-corrected chi connectivity index (χ4v) is 2.98. The van der Waals surface area contributed by atoms with E-state index in [-0.39, 0.29) is 6.54 Å². The van der Waals surface area contributed by atoms with Crippen molar-refractivity contribution in [3.8, 4) is 5.75 Å². The topological polar surface area (TPSA) is 96.9 Å². The second-order valence-electron chi connectivity index (χ2n) is 7.62. The van der Waals surface area contributed by atoms with Crippen LogP contribution in [0.3, 0.4) is 0 Å². The van der Waals surface area contributed by atoms with Crippen LogP contribution in [0.1, 0.15) is 44.9 Å². The van der Waals surface area contributed by atoms with Crippen LogP contribution in [0.4, 0.5) is 10.5 Å². The lowest BCUT2D eigenvalue weighted by molar-refractivity contribution is -0.138. The second-order valence-corrected chi connectivity index (χ2v) is 8.10. The number of amides is 1. The predicted molar refractivity (Wildman–Crippen MR) is 118 cm³/mol. The number of nitrogens with one attached hydrogen (secondary N) is 2. The summed E-state index contributed by atoms with van der Waals surface area (Å²) in [4.78, 5) is 24.3. The molecule has 1 unspecified atom stereocenters. The molecule has 0 aliphatic rings. The third-order valence-electron chi connectivity index (χ3n) is 3.97. The van der Waals surface area contributed by atoms with Gasteiger partial charge in [-0.1, -0.05) is 18.2 Å². The molecule has 0 saturated carbocycles. The molecule has 2 rings (SSSR count). The molecule has 1 atom stereocenters. The minimum Gasteiger partial charge on any atom is -0.494 e. The van der Waals surface area contributed by atoms with Crippen LogP contribution in [0, 0.1) is 0 Å². The van der Waals surface area contributed by atoms with E-state index in [9.17, 15) is 14.7 Å². The van der Waals surface area contributed by atoms with E-state index in [4.69, 9.17) is 9.47 Å². The van der Waals surface area contributed by atoms with Gasteiger partial charge in [0.25, 0.3) is 0 Å². The van der Waals surface area contributed by atoms with Gasteiger partial charge in [-0.05, 0) is 63.1 Å². The van der Waals surface area contributed by atoms with Crippen molar-refractivity contribution >= 4 is 30.4 Å². The fourth-order valence-electron chi connectivity index (χ4n) is 2.69. The molecule has 30 heavy (non-hydrogen) atoms. The number of ether oxygens (including phenoxy) is 2. The predicted octanol–water partition coefficient (Wildman–Crippen LogP) is 4.64. The monoisotopic (exact) mass is 432 g/mol. The maximum absolute atomic E-state index is 11.8. The Morgan fingerprint density at radius 1 is 1.17 bits per heavy atom. The molecule has 0 aliphatic carbocycles. The number of carbonyl (C=O) groups is 2. The zero-order chi connectivity index (χ0) is 22.3. The van der Waals surface area contributed by atoms with Crippen molar-refractivity contribution in [2.45, 2.75) is 50.8 Å². The van der Waals surface area contributed by atoms with Crippen LogP contribution in [0.5, 0.6) is 5.75 Å². The Hall–Kier alpha value is -2.87. The highest BCUT2D eigenvalue weighted by molar-refractivity contribution is 7.80. The first-order chi connectivity index (χ1) is 14.1. The van der Waals surface area contributed by atoms with E-state index in [1.54, 1.807) is 63.2 Å². The third-order valence-corrected chi connectivity index (χ3v) is 4.38. The van der Waals surface area contributed by atoms with Gasteiger partial charge >= 0.3 is 12.1 Å². The summed E-state index contributed by atoms with van der Waals surface area (Å²) in [6, 6.07) is 11.3. The molecule has 162 valence electrons. The Labute approximate surface area is 182 Å². The number of benzene rings is 2. The van der Waals surface area contributed by atoms with Gasteiger partial charge in [0.1, 0.15) is 11.4 Å². The van der Waals surface area contributed by atoms with Crippen molar-refractivity contribution < 1.29 is 24.2 Å². The van der Waals surface area contributed by atoms with Crippen molar-refractivity contribution in [3.63, 3.8) is 0 Å². The molecular weight excluding hydrogens is 404 g/mol. The van der Waals surface area contributed by atoms with Crippen LogP contribution in [0.25, 0.3) is 0 Å². The lowest BCUT2D eigenvalue weighted by Gasteiger charge is -2.20. The van der Waals surface area contributed by atoms with Gasteiger partial charge in [-0.15, -0.1) is 12.6 Å². The molecule has 0 spiro atoms. The Kier molecular flexibility index (Phi) is 8.00. The van der Waals surface area contributed by atoms with Gasteiger partial charge < -0.3 is 25.2 Å². The lowest BCUT2D eigenvalue weighted by Crippen LogP contribution is -2.32. The zero-order valence-electron chi connectivity index (χ0n) is 17.6. The number of hydrogen-bond acceptors (Lipinski definition) is 6. The van der Waals surface area contributed by atoms with E-state index in [1.165, 1.54) is 0 Å². The molecule has 1 amide bonds. The van der Waals surface area contributed by atoms with Crippen molar-refractivity contribution in [2.24, 2.45) is 0 Å². The highest BCUT2D eigenvalue weighted by Crippen LogP contribution is 2.26. The Morgan fingerprint density at radius 3 is 2.50 bits per heavy atom. The maximum atomic E-state index is 11.8. The molecule has 0 aliphatic heterocycles. The van der Waals surface area contributed by atoms with E-state index in [0.717, 1.165) is 5.56 Å². The van der Waals surface area contributed by atoms with Gasteiger partial charge in [0, 0.05) is 17.1 Å². The van der Waals surface area contributed by atoms with E-state index in [2.05, 4.69) is 23.3 Å². The number of carbonyl (C=O) groups excluding carboxylic acids is 1. The highest BCUT2D eigenvalue weighted by Gasteiger charge is 2.21. The van der Waals surface area contributed by atoms with E-state index in [1.807, 2.05) is 6.92 Å². The van der Waals surface area contributed by atoms with Crippen LogP contribution in [0.2, 0.25) is 0 Å². The molecule has 2 aromatic rings. The molecule has 0 bridgehead atoms. The zero-order valence-corrected chi connectivity index (χ0v) is 18.5. The van der Waals surface area contributed by atoms with Crippen molar-refractivity contribution in [3.05, 3.63) is 53.6 Å². The maximum Gasteiger partial charge on any atom is 0.407 e. The first-order valence-corrected chi connectivity index (χ1v) is 10.0. The number of carboxylic acids is 1. The van der Waals surface area contributed by atoms with Gasteiger partial charge in [0.15, 0.2) is 6.04 Å². The molecule has 0 fully saturated rings. The van der Waals surface area contributed by atoms with Gasteiger partial charge in [-0.25, -0.2) is 9.59 Å². The summed E-state index contributed by atoms with van der Waals surface area (Å²) in [5.41, 5.74) is 1.37. The molecule has 7 nitrogen and oxygen atoms in total. The van der Waals surface area contributed by atoms with Gasteiger partial charge in [0.05, 0.1) is 6.61 Å². The summed E-state index contributed by atoms with van der Waals surface area (Å²) in [7, 11) is 0. The number of rotatable bonds is 8. The largest absolute Gasteiger partial charge is 0.494 e. The van der Waals surface area contributed by atoms with Crippen LogP contribution < -0.4 is 15.4 Å². The lowest BCUT2D eigenvalue weighted by atomic mass is 10.1. The van der Waals surface area contributed by atoms with E-state index < -0.39 is 23.7 Å². The number of hydrogen-bond donors (Lipinski definition) is 4. The number of anilines is 1. The summed E-state index contributed by atoms with van der Waals surface area (Å²) in [5.74, 6) is -0.401. The fraction of sp³-hybridized carbons (Fsp3) is 0.364. The SMILES string of the molecule is CCOc1cccc(C(Nc2ccc(CNC(=O)OC(C)(C)C)c(S)c2)C(=O)O)c1. The summed E-state index contributed by atoms with van der Waals surface area (Å²) >= 11 is 4.46. The van der Waals surface area contributed by atoms with Crippen LogP contribution in [0.15, 0.2) is 47.4 Å². The van der Waals surface area contributed by atoms with Crippen molar-refractivity contribution in [1.82, 2.24) is 5.32 Å².